The maximum atomic E-state index is 12.3. The van der Waals surface area contributed by atoms with Crippen molar-refractivity contribution in [3.05, 3.63) is 53.1 Å². The van der Waals surface area contributed by atoms with Gasteiger partial charge < -0.3 is 19.5 Å². The van der Waals surface area contributed by atoms with Crippen molar-refractivity contribution in [2.75, 3.05) is 14.2 Å². The van der Waals surface area contributed by atoms with Crippen molar-refractivity contribution in [2.24, 2.45) is 0 Å². The summed E-state index contributed by atoms with van der Waals surface area (Å²) in [6.45, 7) is 6.09. The highest BCUT2D eigenvalue weighted by molar-refractivity contribution is 5.80. The largest absolute Gasteiger partial charge is 0.493 e. The molecule has 1 amide bonds. The average molecular weight is 343 g/mol. The van der Waals surface area contributed by atoms with Crippen molar-refractivity contribution in [2.45, 2.75) is 33.4 Å². The van der Waals surface area contributed by atoms with Crippen LogP contribution in [-0.4, -0.2) is 26.2 Å². The predicted molar refractivity (Wildman–Crippen MR) is 97.4 cm³/mol. The molecule has 0 saturated heterocycles. The van der Waals surface area contributed by atoms with Gasteiger partial charge in [0.15, 0.2) is 17.6 Å². The maximum absolute atomic E-state index is 12.3. The zero-order valence-electron chi connectivity index (χ0n) is 15.4. The lowest BCUT2D eigenvalue weighted by molar-refractivity contribution is -0.127. The Balaban J connectivity index is 1.96. The van der Waals surface area contributed by atoms with Crippen LogP contribution in [0, 0.1) is 13.8 Å². The Hall–Kier alpha value is -2.69. The Morgan fingerprint density at radius 1 is 1.00 bits per heavy atom. The molecule has 134 valence electrons. The number of hydrogen-bond donors (Lipinski definition) is 1. The molecule has 0 aliphatic carbocycles. The lowest BCUT2D eigenvalue weighted by Crippen LogP contribution is -2.36. The summed E-state index contributed by atoms with van der Waals surface area (Å²) in [5.74, 6) is 1.85. The number of ether oxygens (including phenoxy) is 3. The molecule has 0 aliphatic rings. The van der Waals surface area contributed by atoms with Crippen LogP contribution in [0.5, 0.6) is 17.2 Å². The second kappa shape index (κ2) is 8.42. The smallest absolute Gasteiger partial charge is 0.261 e. The fourth-order valence-electron chi connectivity index (χ4n) is 2.40. The van der Waals surface area contributed by atoms with Gasteiger partial charge in [-0.25, -0.2) is 0 Å². The molecule has 0 fully saturated rings. The second-order valence-corrected chi connectivity index (χ2v) is 5.94. The van der Waals surface area contributed by atoms with Crippen LogP contribution in [0.4, 0.5) is 0 Å². The van der Waals surface area contributed by atoms with Gasteiger partial charge in [0.2, 0.25) is 0 Å². The third-order valence-corrected chi connectivity index (χ3v) is 3.93. The standard InChI is InChI=1S/C20H25NO4/c1-13-6-7-14(2)18(10-13)25-15(3)20(22)21-12-16-8-9-17(23-4)19(11-16)24-5/h6-11,15H,12H2,1-5H3,(H,21,22)/t15-/m0/s1. The highest BCUT2D eigenvalue weighted by Gasteiger charge is 2.16. The lowest BCUT2D eigenvalue weighted by Gasteiger charge is -2.17. The minimum Gasteiger partial charge on any atom is -0.493 e. The van der Waals surface area contributed by atoms with Crippen LogP contribution < -0.4 is 19.5 Å². The Labute approximate surface area is 148 Å². The summed E-state index contributed by atoms with van der Waals surface area (Å²) in [6, 6.07) is 11.5. The van der Waals surface area contributed by atoms with E-state index < -0.39 is 6.10 Å². The molecule has 0 radical (unpaired) electrons. The number of hydrogen-bond acceptors (Lipinski definition) is 4. The van der Waals surface area contributed by atoms with Gasteiger partial charge in [-0.3, -0.25) is 4.79 Å². The van der Waals surface area contributed by atoms with Crippen LogP contribution >= 0.6 is 0 Å². The molecule has 1 atom stereocenters. The molecule has 0 saturated carbocycles. The number of rotatable bonds is 7. The molecular formula is C20H25NO4. The zero-order chi connectivity index (χ0) is 18.4. The van der Waals surface area contributed by atoms with Crippen molar-refractivity contribution < 1.29 is 19.0 Å². The van der Waals surface area contributed by atoms with Gasteiger partial charge in [-0.2, -0.15) is 0 Å². The van der Waals surface area contributed by atoms with E-state index >= 15 is 0 Å². The quantitative estimate of drug-likeness (QED) is 0.837. The molecule has 0 bridgehead atoms. The van der Waals surface area contributed by atoms with Gasteiger partial charge in [0.25, 0.3) is 5.91 Å². The number of carbonyl (C=O) groups excluding carboxylic acids is 1. The van der Waals surface area contributed by atoms with Gasteiger partial charge in [-0.15, -0.1) is 0 Å². The second-order valence-electron chi connectivity index (χ2n) is 5.94. The summed E-state index contributed by atoms with van der Waals surface area (Å²) >= 11 is 0. The highest BCUT2D eigenvalue weighted by atomic mass is 16.5. The molecule has 2 aromatic rings. The molecule has 0 aliphatic heterocycles. The van der Waals surface area contributed by atoms with Gasteiger partial charge >= 0.3 is 0 Å². The van der Waals surface area contributed by atoms with E-state index in [1.165, 1.54) is 0 Å². The van der Waals surface area contributed by atoms with E-state index in [1.807, 2.05) is 50.2 Å². The van der Waals surface area contributed by atoms with Gasteiger partial charge in [-0.05, 0) is 55.7 Å². The average Bonchev–Trinajstić information content (AvgIpc) is 2.62. The normalized spacial score (nSPS) is 11.6. The van der Waals surface area contributed by atoms with Crippen LogP contribution in [0.1, 0.15) is 23.6 Å². The van der Waals surface area contributed by atoms with Crippen molar-refractivity contribution in [1.29, 1.82) is 0 Å². The molecule has 0 spiro atoms. The van der Waals surface area contributed by atoms with E-state index in [0.29, 0.717) is 18.0 Å². The van der Waals surface area contributed by atoms with E-state index in [4.69, 9.17) is 14.2 Å². The molecule has 25 heavy (non-hydrogen) atoms. The number of aryl methyl sites for hydroxylation is 2. The Bertz CT molecular complexity index is 742. The first kappa shape index (κ1) is 18.6. The number of carbonyl (C=O) groups is 1. The SMILES string of the molecule is COc1ccc(CNC(=O)[C@H](C)Oc2cc(C)ccc2C)cc1OC. The minimum absolute atomic E-state index is 0.171. The summed E-state index contributed by atoms with van der Waals surface area (Å²) in [6.07, 6.45) is -0.583. The molecule has 0 unspecified atom stereocenters. The van der Waals surface area contributed by atoms with Crippen molar-refractivity contribution in [3.63, 3.8) is 0 Å². The minimum atomic E-state index is -0.583. The van der Waals surface area contributed by atoms with E-state index in [2.05, 4.69) is 5.32 Å². The van der Waals surface area contributed by atoms with E-state index in [9.17, 15) is 4.79 Å². The van der Waals surface area contributed by atoms with Gasteiger partial charge in [-0.1, -0.05) is 18.2 Å². The fraction of sp³-hybridized carbons (Fsp3) is 0.350. The van der Waals surface area contributed by atoms with E-state index in [1.54, 1.807) is 21.1 Å². The molecule has 2 aromatic carbocycles. The Morgan fingerprint density at radius 2 is 1.72 bits per heavy atom. The number of amides is 1. The summed E-state index contributed by atoms with van der Waals surface area (Å²) in [4.78, 5) is 12.3. The Morgan fingerprint density at radius 3 is 2.40 bits per heavy atom. The zero-order valence-corrected chi connectivity index (χ0v) is 15.4. The van der Waals surface area contributed by atoms with Crippen molar-refractivity contribution in [1.82, 2.24) is 5.32 Å². The molecule has 1 N–H and O–H groups in total. The van der Waals surface area contributed by atoms with Crippen molar-refractivity contribution >= 4 is 5.91 Å². The van der Waals surface area contributed by atoms with Crippen LogP contribution in [0.15, 0.2) is 36.4 Å². The maximum Gasteiger partial charge on any atom is 0.261 e. The first-order valence-corrected chi connectivity index (χ1v) is 8.17. The van der Waals surface area contributed by atoms with E-state index in [0.717, 1.165) is 22.4 Å². The summed E-state index contributed by atoms with van der Waals surface area (Å²) in [7, 11) is 3.17. The van der Waals surface area contributed by atoms with E-state index in [-0.39, 0.29) is 5.91 Å². The number of methoxy groups -OCH3 is 2. The van der Waals surface area contributed by atoms with Crippen molar-refractivity contribution in [3.8, 4) is 17.2 Å². The van der Waals surface area contributed by atoms with Crippen LogP contribution in [-0.2, 0) is 11.3 Å². The summed E-state index contributed by atoms with van der Waals surface area (Å²) < 4.78 is 16.3. The van der Waals surface area contributed by atoms with Crippen LogP contribution in [0.3, 0.4) is 0 Å². The molecular weight excluding hydrogens is 318 g/mol. The molecule has 5 nitrogen and oxygen atoms in total. The first-order chi connectivity index (χ1) is 11.9. The lowest BCUT2D eigenvalue weighted by atomic mass is 10.1. The summed E-state index contributed by atoms with van der Waals surface area (Å²) in [5, 5.41) is 2.88. The predicted octanol–water partition coefficient (Wildman–Crippen LogP) is 3.40. The van der Waals surface area contributed by atoms with Crippen LogP contribution in [0.25, 0.3) is 0 Å². The third kappa shape index (κ3) is 4.89. The fourth-order valence-corrected chi connectivity index (χ4v) is 2.40. The molecule has 2 rings (SSSR count). The first-order valence-electron chi connectivity index (χ1n) is 8.17. The van der Waals surface area contributed by atoms with Crippen LogP contribution in [0.2, 0.25) is 0 Å². The number of nitrogens with one attached hydrogen (secondary N) is 1. The molecule has 5 heteroatoms. The number of benzene rings is 2. The highest BCUT2D eigenvalue weighted by Crippen LogP contribution is 2.27. The topological polar surface area (TPSA) is 56.8 Å². The molecule has 0 aromatic heterocycles. The van der Waals surface area contributed by atoms with Gasteiger partial charge in [0.05, 0.1) is 14.2 Å². The Kier molecular flexibility index (Phi) is 6.28. The molecule has 0 heterocycles. The summed E-state index contributed by atoms with van der Waals surface area (Å²) in [5.41, 5.74) is 3.02. The third-order valence-electron chi connectivity index (χ3n) is 3.93. The monoisotopic (exact) mass is 343 g/mol. The van der Waals surface area contributed by atoms with Gasteiger partial charge in [0.1, 0.15) is 5.75 Å². The van der Waals surface area contributed by atoms with Gasteiger partial charge in [0, 0.05) is 6.54 Å².